The van der Waals surface area contributed by atoms with Crippen molar-refractivity contribution in [3.8, 4) is 5.75 Å². The third-order valence-electron chi connectivity index (χ3n) is 2.67. The van der Waals surface area contributed by atoms with Crippen LogP contribution < -0.4 is 4.74 Å². The van der Waals surface area contributed by atoms with Crippen LogP contribution in [0.15, 0.2) is 24.3 Å². The van der Waals surface area contributed by atoms with Gasteiger partial charge in [0.15, 0.2) is 0 Å². The normalized spacial score (nSPS) is 16.3. The van der Waals surface area contributed by atoms with Gasteiger partial charge in [-0.25, -0.2) is 0 Å². The number of ether oxygens (including phenoxy) is 1. The molecular formula is C14H19NO3. The van der Waals surface area contributed by atoms with Crippen molar-refractivity contribution in [2.45, 2.75) is 32.5 Å². The highest BCUT2D eigenvalue weighted by atomic mass is 16.5. The zero-order chi connectivity index (χ0) is 13.3. The van der Waals surface area contributed by atoms with Gasteiger partial charge in [0.05, 0.1) is 6.10 Å². The van der Waals surface area contributed by atoms with Crippen LogP contribution in [-0.4, -0.2) is 40.7 Å². The van der Waals surface area contributed by atoms with Gasteiger partial charge < -0.3 is 14.7 Å². The number of aliphatic hydroxyl groups excluding tert-OH is 1. The van der Waals surface area contributed by atoms with Crippen molar-refractivity contribution in [3.63, 3.8) is 0 Å². The first kappa shape index (κ1) is 12.9. The summed E-state index contributed by atoms with van der Waals surface area (Å²) < 4.78 is 5.69. The Kier molecular flexibility index (Phi) is 3.30. The summed E-state index contributed by atoms with van der Waals surface area (Å²) in [5.74, 6) is 0.713. The summed E-state index contributed by atoms with van der Waals surface area (Å²) in [5.41, 5.74) is 0.385. The lowest BCUT2D eigenvalue weighted by atomic mass is 10.1. The molecule has 1 aliphatic heterocycles. The smallest absolute Gasteiger partial charge is 0.254 e. The molecule has 1 aliphatic rings. The molecule has 0 radical (unpaired) electrons. The number of hydrogen-bond donors (Lipinski definition) is 1. The second kappa shape index (κ2) is 4.61. The van der Waals surface area contributed by atoms with Crippen LogP contribution in [0.1, 0.15) is 31.1 Å². The second-order valence-electron chi connectivity index (χ2n) is 5.60. The summed E-state index contributed by atoms with van der Waals surface area (Å²) >= 11 is 0. The number of carbonyl (C=O) groups is 1. The van der Waals surface area contributed by atoms with Gasteiger partial charge >= 0.3 is 0 Å². The lowest BCUT2D eigenvalue weighted by Gasteiger charge is -2.35. The van der Waals surface area contributed by atoms with E-state index in [-0.39, 0.29) is 17.6 Å². The molecule has 18 heavy (non-hydrogen) atoms. The van der Waals surface area contributed by atoms with E-state index >= 15 is 0 Å². The van der Waals surface area contributed by atoms with Gasteiger partial charge in [0.25, 0.3) is 5.91 Å². The lowest BCUT2D eigenvalue weighted by molar-refractivity contribution is 0.00589. The topological polar surface area (TPSA) is 49.8 Å². The van der Waals surface area contributed by atoms with Gasteiger partial charge in [-0.15, -0.1) is 0 Å². The maximum absolute atomic E-state index is 11.9. The summed E-state index contributed by atoms with van der Waals surface area (Å²) in [6, 6.07) is 7.12. The van der Waals surface area contributed by atoms with Gasteiger partial charge in [-0.3, -0.25) is 4.79 Å². The number of rotatable bonds is 2. The number of amides is 1. The van der Waals surface area contributed by atoms with Gasteiger partial charge in [-0.1, -0.05) is 0 Å². The monoisotopic (exact) mass is 249 g/mol. The van der Waals surface area contributed by atoms with E-state index < -0.39 is 0 Å². The molecule has 98 valence electrons. The number of hydrogen-bond acceptors (Lipinski definition) is 3. The Morgan fingerprint density at radius 1 is 1.28 bits per heavy atom. The third kappa shape index (κ3) is 3.01. The first-order valence-corrected chi connectivity index (χ1v) is 6.11. The van der Waals surface area contributed by atoms with Gasteiger partial charge in [0, 0.05) is 18.7 Å². The first-order valence-electron chi connectivity index (χ1n) is 6.11. The van der Waals surface area contributed by atoms with Crippen molar-refractivity contribution in [3.05, 3.63) is 29.8 Å². The fourth-order valence-electron chi connectivity index (χ4n) is 1.82. The predicted molar refractivity (Wildman–Crippen MR) is 68.7 cm³/mol. The number of β-amino-alcohol motifs (C(OH)–C–C–N with tert-alkyl or cyclic N) is 1. The number of carbonyl (C=O) groups excluding carboxylic acids is 1. The van der Waals surface area contributed by atoms with Crippen LogP contribution in [0, 0.1) is 0 Å². The Hall–Kier alpha value is -1.55. The Balaban J connectivity index is 2.01. The molecule has 0 saturated carbocycles. The van der Waals surface area contributed by atoms with Crippen LogP contribution in [0.25, 0.3) is 0 Å². The van der Waals surface area contributed by atoms with Crippen molar-refractivity contribution in [1.29, 1.82) is 0 Å². The molecule has 1 heterocycles. The molecular weight excluding hydrogens is 230 g/mol. The largest absolute Gasteiger partial charge is 0.488 e. The highest BCUT2D eigenvalue weighted by Crippen LogP contribution is 2.20. The average molecular weight is 249 g/mol. The van der Waals surface area contributed by atoms with Crippen molar-refractivity contribution in [2.24, 2.45) is 0 Å². The highest BCUT2D eigenvalue weighted by molar-refractivity contribution is 5.94. The first-order chi connectivity index (χ1) is 8.35. The molecule has 0 spiro atoms. The lowest BCUT2D eigenvalue weighted by Crippen LogP contribution is -2.53. The molecule has 0 atom stereocenters. The van der Waals surface area contributed by atoms with E-state index in [1.807, 2.05) is 20.8 Å². The van der Waals surface area contributed by atoms with Gasteiger partial charge in [-0.2, -0.15) is 0 Å². The van der Waals surface area contributed by atoms with Crippen LogP contribution in [-0.2, 0) is 0 Å². The minimum absolute atomic E-state index is 0.0393. The quantitative estimate of drug-likeness (QED) is 0.867. The molecule has 1 aromatic rings. The van der Waals surface area contributed by atoms with E-state index in [1.165, 1.54) is 0 Å². The molecule has 0 bridgehead atoms. The van der Waals surface area contributed by atoms with E-state index in [0.717, 1.165) is 5.75 Å². The molecule has 0 aromatic heterocycles. The van der Waals surface area contributed by atoms with Crippen LogP contribution in [0.4, 0.5) is 0 Å². The van der Waals surface area contributed by atoms with E-state index in [9.17, 15) is 9.90 Å². The van der Waals surface area contributed by atoms with Crippen molar-refractivity contribution in [2.75, 3.05) is 13.1 Å². The fraction of sp³-hybridized carbons (Fsp3) is 0.500. The standard InChI is InChI=1S/C14H19NO3/c1-14(2,3)18-12-6-4-10(5-7-12)13(17)15-8-11(16)9-15/h4-7,11,16H,8-9H2,1-3H3. The van der Waals surface area contributed by atoms with Crippen LogP contribution in [0.2, 0.25) is 0 Å². The van der Waals surface area contributed by atoms with E-state index in [0.29, 0.717) is 18.7 Å². The summed E-state index contributed by atoms with van der Waals surface area (Å²) in [6.45, 7) is 6.80. The van der Waals surface area contributed by atoms with Gasteiger partial charge in [0.1, 0.15) is 11.4 Å². The Morgan fingerprint density at radius 3 is 2.28 bits per heavy atom. The maximum atomic E-state index is 11.9. The van der Waals surface area contributed by atoms with Gasteiger partial charge in [0.2, 0.25) is 0 Å². The zero-order valence-corrected chi connectivity index (χ0v) is 11.0. The Morgan fingerprint density at radius 2 is 1.83 bits per heavy atom. The predicted octanol–water partition coefficient (Wildman–Crippen LogP) is 1.68. The molecule has 1 saturated heterocycles. The maximum Gasteiger partial charge on any atom is 0.254 e. The van der Waals surface area contributed by atoms with E-state index in [1.54, 1.807) is 29.2 Å². The van der Waals surface area contributed by atoms with Crippen LogP contribution in [0.3, 0.4) is 0 Å². The van der Waals surface area contributed by atoms with E-state index in [4.69, 9.17) is 4.74 Å². The molecule has 2 rings (SSSR count). The minimum Gasteiger partial charge on any atom is -0.488 e. The fourth-order valence-corrected chi connectivity index (χ4v) is 1.82. The summed E-state index contributed by atoms with van der Waals surface area (Å²) in [5, 5.41) is 9.17. The molecule has 0 unspecified atom stereocenters. The number of likely N-dealkylation sites (tertiary alicyclic amines) is 1. The van der Waals surface area contributed by atoms with Crippen molar-refractivity contribution < 1.29 is 14.6 Å². The number of aliphatic hydroxyl groups is 1. The summed E-state index contributed by atoms with van der Waals surface area (Å²) in [6.07, 6.45) is -0.363. The third-order valence-corrected chi connectivity index (χ3v) is 2.67. The van der Waals surface area contributed by atoms with Crippen LogP contribution in [0.5, 0.6) is 5.75 Å². The molecule has 4 nitrogen and oxygen atoms in total. The average Bonchev–Trinajstić information content (AvgIpc) is 2.23. The number of benzene rings is 1. The molecule has 4 heteroatoms. The van der Waals surface area contributed by atoms with E-state index in [2.05, 4.69) is 0 Å². The summed E-state index contributed by atoms with van der Waals surface area (Å²) in [4.78, 5) is 13.6. The van der Waals surface area contributed by atoms with Crippen molar-refractivity contribution in [1.82, 2.24) is 4.90 Å². The molecule has 0 aliphatic carbocycles. The SMILES string of the molecule is CC(C)(C)Oc1ccc(C(=O)N2CC(O)C2)cc1. The zero-order valence-electron chi connectivity index (χ0n) is 11.0. The van der Waals surface area contributed by atoms with Crippen molar-refractivity contribution >= 4 is 5.91 Å². The Bertz CT molecular complexity index is 427. The highest BCUT2D eigenvalue weighted by Gasteiger charge is 2.29. The minimum atomic E-state index is -0.363. The number of nitrogens with zero attached hydrogens (tertiary/aromatic N) is 1. The molecule has 1 aromatic carbocycles. The second-order valence-corrected chi connectivity index (χ2v) is 5.60. The molecule has 1 N–H and O–H groups in total. The molecule has 1 amide bonds. The van der Waals surface area contributed by atoms with Gasteiger partial charge in [-0.05, 0) is 45.0 Å². The van der Waals surface area contributed by atoms with Crippen LogP contribution >= 0.6 is 0 Å². The molecule has 1 fully saturated rings. The Labute approximate surface area is 107 Å². The summed E-state index contributed by atoms with van der Waals surface area (Å²) in [7, 11) is 0.